The molecule has 2 aliphatic rings. The minimum Gasteiger partial charge on any atom is -0.315 e. The Morgan fingerprint density at radius 2 is 1.85 bits per heavy atom. The molecule has 5 nitrogen and oxygen atoms in total. The molecule has 2 fully saturated rings. The average molecular weight is 303 g/mol. The number of piperidine rings is 1. The highest BCUT2D eigenvalue weighted by Gasteiger charge is 2.34. The van der Waals surface area contributed by atoms with Gasteiger partial charge in [-0.2, -0.15) is 17.0 Å². The number of nitrogens with zero attached hydrogens (tertiary/aromatic N) is 2. The Morgan fingerprint density at radius 3 is 2.40 bits per heavy atom. The fraction of sp³-hybridized carbons (Fsp3) is 1.00. The molecule has 1 atom stereocenters. The molecule has 0 saturated carbocycles. The monoisotopic (exact) mass is 303 g/mol. The maximum atomic E-state index is 13.0. The normalized spacial score (nSPS) is 26.6. The Morgan fingerprint density at radius 1 is 1.15 bits per heavy atom. The Balaban J connectivity index is 2.12. The van der Waals surface area contributed by atoms with Gasteiger partial charge in [0.05, 0.1) is 0 Å². The molecule has 2 saturated heterocycles. The summed E-state index contributed by atoms with van der Waals surface area (Å²) in [6.07, 6.45) is 7.25. The lowest BCUT2D eigenvalue weighted by Gasteiger charge is -2.36. The molecule has 1 unspecified atom stereocenters. The van der Waals surface area contributed by atoms with Crippen LogP contribution in [0.3, 0.4) is 0 Å². The molecule has 2 rings (SSSR count). The Hall–Kier alpha value is -0.170. The second-order valence-electron chi connectivity index (χ2n) is 5.93. The van der Waals surface area contributed by atoms with Gasteiger partial charge in [0, 0.05) is 32.2 Å². The molecule has 0 bridgehead atoms. The van der Waals surface area contributed by atoms with E-state index < -0.39 is 10.2 Å². The van der Waals surface area contributed by atoms with Gasteiger partial charge in [-0.25, -0.2) is 0 Å². The molecule has 0 spiro atoms. The van der Waals surface area contributed by atoms with E-state index in [1.54, 1.807) is 8.61 Å². The average Bonchev–Trinajstić information content (AvgIpc) is 2.75. The van der Waals surface area contributed by atoms with Gasteiger partial charge in [0.1, 0.15) is 0 Å². The fourth-order valence-electron chi connectivity index (χ4n) is 3.21. The van der Waals surface area contributed by atoms with Crippen molar-refractivity contribution in [1.29, 1.82) is 0 Å². The second kappa shape index (κ2) is 7.73. The number of hydrogen-bond donors (Lipinski definition) is 1. The molecule has 20 heavy (non-hydrogen) atoms. The van der Waals surface area contributed by atoms with Crippen LogP contribution in [0.15, 0.2) is 0 Å². The molecular weight excluding hydrogens is 274 g/mol. The number of hydrogen-bond acceptors (Lipinski definition) is 3. The van der Waals surface area contributed by atoms with Crippen molar-refractivity contribution in [3.05, 3.63) is 0 Å². The van der Waals surface area contributed by atoms with Gasteiger partial charge >= 0.3 is 0 Å². The van der Waals surface area contributed by atoms with Gasteiger partial charge in [0.2, 0.25) is 0 Å². The zero-order valence-electron chi connectivity index (χ0n) is 12.7. The standard InChI is InChI=1S/C14H29N3O2S/c1-2-10-17(14-8-7-9-15-13-14)20(18,19)16-11-5-3-4-6-12-16/h14-15H,2-13H2,1H3. The first-order valence-electron chi connectivity index (χ1n) is 8.14. The third-order valence-corrected chi connectivity index (χ3v) is 6.40. The first kappa shape index (κ1) is 16.2. The first-order chi connectivity index (χ1) is 9.66. The molecule has 0 radical (unpaired) electrons. The molecule has 0 aromatic carbocycles. The van der Waals surface area contributed by atoms with Crippen LogP contribution in [-0.4, -0.2) is 55.8 Å². The number of nitrogens with one attached hydrogen (secondary N) is 1. The lowest BCUT2D eigenvalue weighted by Crippen LogP contribution is -2.53. The summed E-state index contributed by atoms with van der Waals surface area (Å²) in [6.45, 7) is 5.91. The summed E-state index contributed by atoms with van der Waals surface area (Å²) in [7, 11) is -3.28. The highest BCUT2D eigenvalue weighted by Crippen LogP contribution is 2.21. The van der Waals surface area contributed by atoms with Gasteiger partial charge in [0.25, 0.3) is 10.2 Å². The predicted molar refractivity (Wildman–Crippen MR) is 81.8 cm³/mol. The lowest BCUT2D eigenvalue weighted by molar-refractivity contribution is 0.244. The van der Waals surface area contributed by atoms with E-state index in [-0.39, 0.29) is 6.04 Å². The molecule has 0 aliphatic carbocycles. The van der Waals surface area contributed by atoms with Crippen molar-refractivity contribution in [1.82, 2.24) is 13.9 Å². The van der Waals surface area contributed by atoms with Gasteiger partial charge in [0.15, 0.2) is 0 Å². The maximum absolute atomic E-state index is 13.0. The van der Waals surface area contributed by atoms with Gasteiger partial charge in [-0.1, -0.05) is 19.8 Å². The second-order valence-corrected chi connectivity index (χ2v) is 7.81. The summed E-state index contributed by atoms with van der Waals surface area (Å²) in [5.74, 6) is 0. The van der Waals surface area contributed by atoms with Crippen LogP contribution in [-0.2, 0) is 10.2 Å². The van der Waals surface area contributed by atoms with Gasteiger partial charge in [-0.15, -0.1) is 0 Å². The SMILES string of the molecule is CCCN(C1CCCNC1)S(=O)(=O)N1CCCCCC1. The van der Waals surface area contributed by atoms with E-state index in [1.807, 2.05) is 0 Å². The van der Waals surface area contributed by atoms with E-state index in [2.05, 4.69) is 12.2 Å². The lowest BCUT2D eigenvalue weighted by atomic mass is 10.1. The summed E-state index contributed by atoms with van der Waals surface area (Å²) in [5.41, 5.74) is 0. The third kappa shape index (κ3) is 3.93. The summed E-state index contributed by atoms with van der Waals surface area (Å²) < 4.78 is 29.4. The summed E-state index contributed by atoms with van der Waals surface area (Å²) in [6, 6.07) is 0.136. The van der Waals surface area contributed by atoms with Crippen molar-refractivity contribution >= 4 is 10.2 Å². The zero-order chi connectivity index (χ0) is 14.4. The molecule has 0 aromatic rings. The van der Waals surface area contributed by atoms with Crippen molar-refractivity contribution < 1.29 is 8.42 Å². The zero-order valence-corrected chi connectivity index (χ0v) is 13.5. The van der Waals surface area contributed by atoms with Crippen molar-refractivity contribution in [2.45, 2.75) is 57.9 Å². The van der Waals surface area contributed by atoms with Crippen LogP contribution in [0.25, 0.3) is 0 Å². The van der Waals surface area contributed by atoms with Crippen molar-refractivity contribution in [2.24, 2.45) is 0 Å². The van der Waals surface area contributed by atoms with Gasteiger partial charge < -0.3 is 5.32 Å². The molecule has 6 heteroatoms. The summed E-state index contributed by atoms with van der Waals surface area (Å²) in [4.78, 5) is 0. The van der Waals surface area contributed by atoms with Crippen LogP contribution in [0, 0.1) is 0 Å². The quantitative estimate of drug-likeness (QED) is 0.839. The maximum Gasteiger partial charge on any atom is 0.282 e. The fourth-order valence-corrected chi connectivity index (χ4v) is 5.19. The van der Waals surface area contributed by atoms with E-state index >= 15 is 0 Å². The van der Waals surface area contributed by atoms with Crippen LogP contribution in [0.4, 0.5) is 0 Å². The topological polar surface area (TPSA) is 52.7 Å². The highest BCUT2D eigenvalue weighted by molar-refractivity contribution is 7.86. The third-order valence-electron chi connectivity index (χ3n) is 4.31. The molecule has 0 amide bonds. The Labute approximate surface area is 123 Å². The predicted octanol–water partition coefficient (Wildman–Crippen LogP) is 1.57. The van der Waals surface area contributed by atoms with Crippen LogP contribution in [0.5, 0.6) is 0 Å². The van der Waals surface area contributed by atoms with Crippen LogP contribution < -0.4 is 5.32 Å². The van der Waals surface area contributed by atoms with Crippen LogP contribution in [0.2, 0.25) is 0 Å². The molecular formula is C14H29N3O2S. The minimum absolute atomic E-state index is 0.136. The minimum atomic E-state index is -3.28. The van der Waals surface area contributed by atoms with Gasteiger partial charge in [-0.3, -0.25) is 0 Å². The molecule has 118 valence electrons. The molecule has 1 N–H and O–H groups in total. The molecule has 0 aromatic heterocycles. The van der Waals surface area contributed by atoms with Crippen molar-refractivity contribution in [3.63, 3.8) is 0 Å². The largest absolute Gasteiger partial charge is 0.315 e. The van der Waals surface area contributed by atoms with Crippen LogP contribution >= 0.6 is 0 Å². The van der Waals surface area contributed by atoms with Gasteiger partial charge in [-0.05, 0) is 38.6 Å². The Kier molecular flexibility index (Phi) is 6.26. The van der Waals surface area contributed by atoms with E-state index in [4.69, 9.17) is 0 Å². The highest BCUT2D eigenvalue weighted by atomic mass is 32.2. The smallest absolute Gasteiger partial charge is 0.282 e. The van der Waals surface area contributed by atoms with Crippen molar-refractivity contribution in [2.75, 3.05) is 32.7 Å². The molecule has 2 heterocycles. The van der Waals surface area contributed by atoms with Crippen LogP contribution in [0.1, 0.15) is 51.9 Å². The van der Waals surface area contributed by atoms with Crippen molar-refractivity contribution in [3.8, 4) is 0 Å². The summed E-state index contributed by atoms with van der Waals surface area (Å²) >= 11 is 0. The van der Waals surface area contributed by atoms with E-state index in [0.717, 1.165) is 58.0 Å². The Bertz CT molecular complexity index is 372. The van der Waals surface area contributed by atoms with E-state index in [9.17, 15) is 8.42 Å². The number of rotatable bonds is 5. The molecule has 2 aliphatic heterocycles. The first-order valence-corrected chi connectivity index (χ1v) is 9.53. The van der Waals surface area contributed by atoms with E-state index in [0.29, 0.717) is 19.6 Å². The summed E-state index contributed by atoms with van der Waals surface area (Å²) in [5, 5.41) is 3.34. The van der Waals surface area contributed by atoms with E-state index in [1.165, 1.54) is 0 Å².